The highest BCUT2D eigenvalue weighted by molar-refractivity contribution is 6.01. The summed E-state index contributed by atoms with van der Waals surface area (Å²) in [6.45, 7) is 4.89. The van der Waals surface area contributed by atoms with Crippen LogP contribution in [-0.2, 0) is 28.8 Å². The topological polar surface area (TPSA) is 102 Å². The molecule has 3 amide bonds. The highest BCUT2D eigenvalue weighted by atomic mass is 16.7. The Hall–Kier alpha value is -1.96. The Morgan fingerprint density at radius 1 is 1.23 bits per heavy atom. The van der Waals surface area contributed by atoms with Crippen molar-refractivity contribution in [3.8, 4) is 0 Å². The quantitative estimate of drug-likeness (QED) is 0.614. The Kier molecular flexibility index (Phi) is 7.51. The number of ether oxygens (including phenoxy) is 1. The second-order valence-corrected chi connectivity index (χ2v) is 4.95. The summed E-state index contributed by atoms with van der Waals surface area (Å²) >= 11 is 0. The minimum absolute atomic E-state index is 0.0462. The lowest BCUT2D eigenvalue weighted by atomic mass is 10.2. The van der Waals surface area contributed by atoms with Gasteiger partial charge in [0.2, 0.25) is 5.91 Å². The number of rotatable bonds is 9. The highest BCUT2D eigenvalue weighted by Gasteiger charge is 2.32. The summed E-state index contributed by atoms with van der Waals surface area (Å²) in [6.07, 6.45) is 0.584. The van der Waals surface area contributed by atoms with E-state index in [1.54, 1.807) is 0 Å². The molecule has 1 atom stereocenters. The van der Waals surface area contributed by atoms with E-state index in [1.165, 1.54) is 0 Å². The molecule has 22 heavy (non-hydrogen) atoms. The summed E-state index contributed by atoms with van der Waals surface area (Å²) < 4.78 is 5.32. The molecule has 0 aliphatic carbocycles. The van der Waals surface area contributed by atoms with E-state index in [-0.39, 0.29) is 37.7 Å². The van der Waals surface area contributed by atoms with Crippen molar-refractivity contribution < 1.29 is 28.8 Å². The monoisotopic (exact) mass is 314 g/mol. The van der Waals surface area contributed by atoms with Crippen LogP contribution >= 0.6 is 0 Å². The lowest BCUT2D eigenvalue weighted by molar-refractivity contribution is -0.197. The van der Waals surface area contributed by atoms with Crippen molar-refractivity contribution in [1.82, 2.24) is 10.4 Å². The smallest absolute Gasteiger partial charge is 0.333 e. The average molecular weight is 314 g/mol. The second kappa shape index (κ2) is 9.14. The Bertz CT molecular complexity index is 421. The highest BCUT2D eigenvalue weighted by Crippen LogP contribution is 2.12. The normalized spacial score (nSPS) is 15.8. The standard InChI is InChI=1S/C14H22N2O6/c1-3-21-10(2)8-9-15-11(17)4-7-14(20)22-16-12(18)5-6-13(16)19/h10H,3-9H2,1-2H3,(H,15,17). The zero-order valence-electron chi connectivity index (χ0n) is 12.9. The maximum Gasteiger partial charge on any atom is 0.333 e. The van der Waals surface area contributed by atoms with Gasteiger partial charge in [0, 0.05) is 32.4 Å². The largest absolute Gasteiger partial charge is 0.379 e. The van der Waals surface area contributed by atoms with E-state index in [0.717, 1.165) is 0 Å². The Labute approximate surface area is 129 Å². The second-order valence-electron chi connectivity index (χ2n) is 4.95. The molecule has 1 fully saturated rings. The molecule has 1 saturated heterocycles. The summed E-state index contributed by atoms with van der Waals surface area (Å²) in [7, 11) is 0. The van der Waals surface area contributed by atoms with Crippen LogP contribution in [0.3, 0.4) is 0 Å². The van der Waals surface area contributed by atoms with Crippen molar-refractivity contribution >= 4 is 23.7 Å². The zero-order chi connectivity index (χ0) is 16.5. The third-order valence-electron chi connectivity index (χ3n) is 3.08. The molecule has 0 aromatic rings. The first-order valence-corrected chi connectivity index (χ1v) is 7.39. The summed E-state index contributed by atoms with van der Waals surface area (Å²) in [5.74, 6) is -2.14. The number of carbonyl (C=O) groups excluding carboxylic acids is 4. The summed E-state index contributed by atoms with van der Waals surface area (Å²) in [6, 6.07) is 0. The van der Waals surface area contributed by atoms with Gasteiger partial charge in [-0.3, -0.25) is 14.4 Å². The molecule has 0 aromatic heterocycles. The van der Waals surface area contributed by atoms with Gasteiger partial charge >= 0.3 is 5.97 Å². The third-order valence-corrected chi connectivity index (χ3v) is 3.08. The molecule has 124 valence electrons. The lowest BCUT2D eigenvalue weighted by Gasteiger charge is -2.13. The summed E-state index contributed by atoms with van der Waals surface area (Å²) in [4.78, 5) is 50.2. The van der Waals surface area contributed by atoms with Gasteiger partial charge in [-0.15, -0.1) is 5.06 Å². The SMILES string of the molecule is CCOC(C)CCNC(=O)CCC(=O)ON1C(=O)CCC1=O. The number of hydrogen-bond acceptors (Lipinski definition) is 6. The molecule has 1 unspecified atom stereocenters. The number of amides is 3. The number of hydroxylamine groups is 2. The van der Waals surface area contributed by atoms with Crippen LogP contribution in [0.4, 0.5) is 0 Å². The molecule has 0 radical (unpaired) electrons. The fraction of sp³-hybridized carbons (Fsp3) is 0.714. The lowest BCUT2D eigenvalue weighted by Crippen LogP contribution is -2.33. The first-order valence-electron chi connectivity index (χ1n) is 7.39. The number of nitrogens with zero attached hydrogens (tertiary/aromatic N) is 1. The van der Waals surface area contributed by atoms with E-state index >= 15 is 0 Å². The van der Waals surface area contributed by atoms with Crippen LogP contribution in [0.2, 0.25) is 0 Å². The Balaban J connectivity index is 2.17. The van der Waals surface area contributed by atoms with E-state index in [2.05, 4.69) is 10.2 Å². The Morgan fingerprint density at radius 2 is 1.86 bits per heavy atom. The maximum absolute atomic E-state index is 11.5. The minimum atomic E-state index is -0.776. The number of imide groups is 1. The van der Waals surface area contributed by atoms with Crippen LogP contribution in [0, 0.1) is 0 Å². The third kappa shape index (κ3) is 6.21. The van der Waals surface area contributed by atoms with E-state index in [9.17, 15) is 19.2 Å². The van der Waals surface area contributed by atoms with Gasteiger partial charge in [0.1, 0.15) is 0 Å². The van der Waals surface area contributed by atoms with Gasteiger partial charge in [-0.05, 0) is 20.3 Å². The molecule has 0 saturated carbocycles. The summed E-state index contributed by atoms with van der Waals surface area (Å²) in [5, 5.41) is 3.14. The van der Waals surface area contributed by atoms with E-state index in [0.29, 0.717) is 24.6 Å². The first-order chi connectivity index (χ1) is 10.4. The number of nitrogens with one attached hydrogen (secondary N) is 1. The van der Waals surface area contributed by atoms with Gasteiger partial charge in [0.05, 0.1) is 12.5 Å². The van der Waals surface area contributed by atoms with Gasteiger partial charge < -0.3 is 14.9 Å². The van der Waals surface area contributed by atoms with Crippen LogP contribution < -0.4 is 5.32 Å². The fourth-order valence-electron chi connectivity index (χ4n) is 1.89. The molecule has 1 aliphatic heterocycles. The molecule has 0 bridgehead atoms. The van der Waals surface area contributed by atoms with Crippen molar-refractivity contribution in [2.75, 3.05) is 13.2 Å². The van der Waals surface area contributed by atoms with Crippen LogP contribution in [0.1, 0.15) is 46.0 Å². The van der Waals surface area contributed by atoms with E-state index < -0.39 is 17.8 Å². The van der Waals surface area contributed by atoms with E-state index in [4.69, 9.17) is 4.74 Å². The van der Waals surface area contributed by atoms with Crippen LogP contribution in [0.15, 0.2) is 0 Å². The zero-order valence-corrected chi connectivity index (χ0v) is 12.9. The summed E-state index contributed by atoms with van der Waals surface area (Å²) in [5.41, 5.74) is 0. The van der Waals surface area contributed by atoms with Crippen molar-refractivity contribution in [2.24, 2.45) is 0 Å². The molecule has 1 heterocycles. The average Bonchev–Trinajstić information content (AvgIpc) is 2.77. The van der Waals surface area contributed by atoms with Gasteiger partial charge in [-0.1, -0.05) is 0 Å². The fourth-order valence-corrected chi connectivity index (χ4v) is 1.89. The molecule has 1 rings (SSSR count). The van der Waals surface area contributed by atoms with E-state index in [1.807, 2.05) is 13.8 Å². The first kappa shape index (κ1) is 18.1. The molecule has 0 spiro atoms. The van der Waals surface area contributed by atoms with Crippen molar-refractivity contribution in [1.29, 1.82) is 0 Å². The van der Waals surface area contributed by atoms with Gasteiger partial charge in [0.25, 0.3) is 11.8 Å². The molecule has 1 N–H and O–H groups in total. The maximum atomic E-state index is 11.5. The van der Waals surface area contributed by atoms with Gasteiger partial charge in [0.15, 0.2) is 0 Å². The van der Waals surface area contributed by atoms with Crippen molar-refractivity contribution in [2.45, 2.75) is 52.1 Å². The molecule has 0 aromatic carbocycles. The number of carbonyl (C=O) groups is 4. The van der Waals surface area contributed by atoms with Crippen LogP contribution in [0.5, 0.6) is 0 Å². The van der Waals surface area contributed by atoms with Gasteiger partial charge in [-0.25, -0.2) is 4.79 Å². The molecule has 1 aliphatic rings. The van der Waals surface area contributed by atoms with Crippen molar-refractivity contribution in [3.63, 3.8) is 0 Å². The molecule has 8 nitrogen and oxygen atoms in total. The van der Waals surface area contributed by atoms with Gasteiger partial charge in [-0.2, -0.15) is 0 Å². The molecular formula is C14H22N2O6. The van der Waals surface area contributed by atoms with Crippen molar-refractivity contribution in [3.05, 3.63) is 0 Å². The predicted octanol–water partition coefficient (Wildman–Crippen LogP) is 0.305. The molecule has 8 heteroatoms. The van der Waals surface area contributed by atoms with Crippen LogP contribution in [0.25, 0.3) is 0 Å². The van der Waals surface area contributed by atoms with Crippen LogP contribution in [-0.4, -0.2) is 48.0 Å². The minimum Gasteiger partial charge on any atom is -0.379 e. The predicted molar refractivity (Wildman–Crippen MR) is 75.1 cm³/mol. The Morgan fingerprint density at radius 3 is 2.45 bits per heavy atom. The molecular weight excluding hydrogens is 292 g/mol. The number of hydrogen-bond donors (Lipinski definition) is 1.